The Bertz CT molecular complexity index is 247. The summed E-state index contributed by atoms with van der Waals surface area (Å²) in [5, 5.41) is 3.40. The molecular formula is C11H20N2O2. The number of rotatable bonds is 1. The van der Waals surface area contributed by atoms with E-state index in [0.717, 1.165) is 39.1 Å². The molecule has 0 unspecified atom stereocenters. The van der Waals surface area contributed by atoms with Crippen LogP contribution in [0.4, 0.5) is 0 Å². The van der Waals surface area contributed by atoms with Crippen LogP contribution < -0.4 is 5.32 Å². The molecule has 86 valence electrons. The fourth-order valence-corrected chi connectivity index (χ4v) is 2.31. The van der Waals surface area contributed by atoms with E-state index < -0.39 is 0 Å². The molecule has 4 nitrogen and oxygen atoms in total. The molecule has 2 heterocycles. The SMILES string of the molecule is CC1(C)CN(C(=O)[C@H]2CCCO2)CCN1. The van der Waals surface area contributed by atoms with Gasteiger partial charge < -0.3 is 15.0 Å². The third kappa shape index (κ3) is 2.49. The molecule has 2 saturated heterocycles. The van der Waals surface area contributed by atoms with Gasteiger partial charge in [0.1, 0.15) is 6.10 Å². The van der Waals surface area contributed by atoms with Crippen molar-refractivity contribution in [1.82, 2.24) is 10.2 Å². The molecule has 2 aliphatic rings. The van der Waals surface area contributed by atoms with Crippen LogP contribution in [-0.4, -0.2) is 48.7 Å². The van der Waals surface area contributed by atoms with Crippen LogP contribution in [0.5, 0.6) is 0 Å². The molecule has 0 bridgehead atoms. The van der Waals surface area contributed by atoms with Gasteiger partial charge in [-0.25, -0.2) is 0 Å². The van der Waals surface area contributed by atoms with Crippen molar-refractivity contribution < 1.29 is 9.53 Å². The first-order valence-corrected chi connectivity index (χ1v) is 5.74. The Kier molecular flexibility index (Phi) is 2.98. The van der Waals surface area contributed by atoms with Crippen molar-refractivity contribution in [3.8, 4) is 0 Å². The van der Waals surface area contributed by atoms with Gasteiger partial charge in [0, 0.05) is 31.8 Å². The van der Waals surface area contributed by atoms with Crippen LogP contribution in [0.15, 0.2) is 0 Å². The minimum atomic E-state index is -0.168. The second kappa shape index (κ2) is 4.10. The summed E-state index contributed by atoms with van der Waals surface area (Å²) in [4.78, 5) is 14.0. The number of piperazine rings is 1. The molecular weight excluding hydrogens is 192 g/mol. The number of ether oxygens (including phenoxy) is 1. The van der Waals surface area contributed by atoms with Crippen LogP contribution >= 0.6 is 0 Å². The molecule has 0 saturated carbocycles. The van der Waals surface area contributed by atoms with E-state index in [1.165, 1.54) is 0 Å². The van der Waals surface area contributed by atoms with Crippen molar-refractivity contribution in [2.75, 3.05) is 26.2 Å². The molecule has 0 aromatic carbocycles. The minimum Gasteiger partial charge on any atom is -0.368 e. The van der Waals surface area contributed by atoms with Gasteiger partial charge in [0.15, 0.2) is 0 Å². The molecule has 1 N–H and O–H groups in total. The van der Waals surface area contributed by atoms with Gasteiger partial charge in [-0.2, -0.15) is 0 Å². The van der Waals surface area contributed by atoms with Gasteiger partial charge in [-0.1, -0.05) is 0 Å². The molecule has 2 fully saturated rings. The van der Waals surface area contributed by atoms with E-state index in [0.29, 0.717) is 0 Å². The van der Waals surface area contributed by atoms with E-state index in [2.05, 4.69) is 19.2 Å². The van der Waals surface area contributed by atoms with Gasteiger partial charge >= 0.3 is 0 Å². The average molecular weight is 212 g/mol. The Morgan fingerprint density at radius 1 is 1.53 bits per heavy atom. The van der Waals surface area contributed by atoms with Crippen molar-refractivity contribution in [3.63, 3.8) is 0 Å². The molecule has 4 heteroatoms. The molecule has 1 amide bonds. The van der Waals surface area contributed by atoms with Crippen molar-refractivity contribution in [1.29, 1.82) is 0 Å². The highest BCUT2D eigenvalue weighted by Gasteiger charge is 2.33. The maximum absolute atomic E-state index is 12.1. The van der Waals surface area contributed by atoms with E-state index in [9.17, 15) is 4.79 Å². The second-order valence-corrected chi connectivity index (χ2v) is 5.07. The highest BCUT2D eigenvalue weighted by atomic mass is 16.5. The van der Waals surface area contributed by atoms with E-state index in [1.54, 1.807) is 0 Å². The van der Waals surface area contributed by atoms with Gasteiger partial charge in [-0.05, 0) is 26.7 Å². The van der Waals surface area contributed by atoms with Crippen molar-refractivity contribution in [2.24, 2.45) is 0 Å². The maximum Gasteiger partial charge on any atom is 0.251 e. The predicted molar refractivity (Wildman–Crippen MR) is 57.6 cm³/mol. The number of hydrogen-bond donors (Lipinski definition) is 1. The maximum atomic E-state index is 12.1. The molecule has 0 spiro atoms. The Morgan fingerprint density at radius 2 is 2.33 bits per heavy atom. The fraction of sp³-hybridized carbons (Fsp3) is 0.909. The van der Waals surface area contributed by atoms with Gasteiger partial charge in [0.2, 0.25) is 0 Å². The number of amides is 1. The molecule has 0 radical (unpaired) electrons. The van der Waals surface area contributed by atoms with E-state index >= 15 is 0 Å². The van der Waals surface area contributed by atoms with Crippen LogP contribution in [0.3, 0.4) is 0 Å². The number of carbonyl (C=O) groups excluding carboxylic acids is 1. The molecule has 0 aromatic rings. The first-order valence-electron chi connectivity index (χ1n) is 5.74. The van der Waals surface area contributed by atoms with Crippen molar-refractivity contribution >= 4 is 5.91 Å². The average Bonchev–Trinajstić information content (AvgIpc) is 2.67. The summed E-state index contributed by atoms with van der Waals surface area (Å²) >= 11 is 0. The van der Waals surface area contributed by atoms with Crippen molar-refractivity contribution in [2.45, 2.75) is 38.3 Å². The molecule has 15 heavy (non-hydrogen) atoms. The zero-order valence-corrected chi connectivity index (χ0v) is 9.58. The van der Waals surface area contributed by atoms with Crippen LogP contribution in [0.2, 0.25) is 0 Å². The Balaban J connectivity index is 1.94. The fourth-order valence-electron chi connectivity index (χ4n) is 2.31. The zero-order chi connectivity index (χ0) is 10.9. The lowest BCUT2D eigenvalue weighted by Crippen LogP contribution is -2.59. The highest BCUT2D eigenvalue weighted by Crippen LogP contribution is 2.17. The number of hydrogen-bond acceptors (Lipinski definition) is 3. The Labute approximate surface area is 91.0 Å². The molecule has 2 aliphatic heterocycles. The topological polar surface area (TPSA) is 41.6 Å². The number of nitrogens with zero attached hydrogens (tertiary/aromatic N) is 1. The lowest BCUT2D eigenvalue weighted by atomic mass is 10.0. The summed E-state index contributed by atoms with van der Waals surface area (Å²) in [7, 11) is 0. The lowest BCUT2D eigenvalue weighted by molar-refractivity contribution is -0.143. The first-order chi connectivity index (χ1) is 7.08. The number of nitrogens with one attached hydrogen (secondary N) is 1. The first kappa shape index (κ1) is 10.9. The summed E-state index contributed by atoms with van der Waals surface area (Å²) in [6, 6.07) is 0. The van der Waals surface area contributed by atoms with E-state index in [1.807, 2.05) is 4.90 Å². The quantitative estimate of drug-likeness (QED) is 0.683. The Hall–Kier alpha value is -0.610. The summed E-state index contributed by atoms with van der Waals surface area (Å²) in [5.74, 6) is 0.182. The van der Waals surface area contributed by atoms with Crippen LogP contribution in [0.1, 0.15) is 26.7 Å². The zero-order valence-electron chi connectivity index (χ0n) is 9.58. The summed E-state index contributed by atoms with van der Waals surface area (Å²) < 4.78 is 5.42. The van der Waals surface area contributed by atoms with E-state index in [-0.39, 0.29) is 17.6 Å². The monoisotopic (exact) mass is 212 g/mol. The van der Waals surface area contributed by atoms with Gasteiger partial charge in [0.25, 0.3) is 5.91 Å². The Morgan fingerprint density at radius 3 is 2.93 bits per heavy atom. The van der Waals surface area contributed by atoms with Gasteiger partial charge in [0.05, 0.1) is 0 Å². The summed E-state index contributed by atoms with van der Waals surface area (Å²) in [6.45, 7) is 7.47. The normalized spacial score (nSPS) is 30.5. The third-order valence-electron chi connectivity index (χ3n) is 3.09. The van der Waals surface area contributed by atoms with Crippen LogP contribution in [0.25, 0.3) is 0 Å². The minimum absolute atomic E-state index is 0.0342. The van der Waals surface area contributed by atoms with Crippen LogP contribution in [0, 0.1) is 0 Å². The summed E-state index contributed by atoms with van der Waals surface area (Å²) in [5.41, 5.74) is 0.0342. The van der Waals surface area contributed by atoms with Crippen LogP contribution in [-0.2, 0) is 9.53 Å². The number of carbonyl (C=O) groups is 1. The third-order valence-corrected chi connectivity index (χ3v) is 3.09. The highest BCUT2D eigenvalue weighted by molar-refractivity contribution is 5.81. The van der Waals surface area contributed by atoms with Gasteiger partial charge in [-0.15, -0.1) is 0 Å². The predicted octanol–water partition coefficient (Wildman–Crippen LogP) is 0.376. The smallest absolute Gasteiger partial charge is 0.251 e. The standard InChI is InChI=1S/C11H20N2O2/c1-11(2)8-13(6-5-12-11)10(14)9-4-3-7-15-9/h9,12H,3-8H2,1-2H3/t9-/m1/s1. The van der Waals surface area contributed by atoms with Gasteiger partial charge in [-0.3, -0.25) is 4.79 Å². The lowest BCUT2D eigenvalue weighted by Gasteiger charge is -2.39. The second-order valence-electron chi connectivity index (χ2n) is 5.07. The van der Waals surface area contributed by atoms with E-state index in [4.69, 9.17) is 4.74 Å². The molecule has 0 aromatic heterocycles. The van der Waals surface area contributed by atoms with Crippen molar-refractivity contribution in [3.05, 3.63) is 0 Å². The molecule has 0 aliphatic carbocycles. The molecule has 1 atom stereocenters. The molecule has 2 rings (SSSR count). The summed E-state index contributed by atoms with van der Waals surface area (Å²) in [6.07, 6.45) is 1.74. The largest absolute Gasteiger partial charge is 0.368 e.